The summed E-state index contributed by atoms with van der Waals surface area (Å²) in [5, 5.41) is 7.23. The van der Waals surface area contributed by atoms with Crippen LogP contribution in [0.4, 0.5) is 5.69 Å². The standard InChI is InChI=1S/C9H12BrN3O3S/c10-7-2-1-6(5-8(7)11)9(14)13-3-4-17(12,15)16/h1-2,5H,3-4,11H2,(H,13,14)(H2,12,15,16). The molecule has 0 aromatic heterocycles. The number of hydrogen-bond acceptors (Lipinski definition) is 4. The number of hydrogen-bond donors (Lipinski definition) is 3. The molecule has 0 radical (unpaired) electrons. The van der Waals surface area contributed by atoms with Gasteiger partial charge in [-0.05, 0) is 34.1 Å². The number of nitrogens with two attached hydrogens (primary N) is 2. The van der Waals surface area contributed by atoms with E-state index < -0.39 is 15.9 Å². The van der Waals surface area contributed by atoms with Gasteiger partial charge >= 0.3 is 0 Å². The second-order valence-electron chi connectivity index (χ2n) is 3.36. The fraction of sp³-hybridized carbons (Fsp3) is 0.222. The summed E-state index contributed by atoms with van der Waals surface area (Å²) in [6.07, 6.45) is 0. The first-order chi connectivity index (χ1) is 7.79. The molecule has 0 atom stereocenters. The number of benzene rings is 1. The second kappa shape index (κ2) is 5.48. The van der Waals surface area contributed by atoms with Gasteiger partial charge in [-0.25, -0.2) is 13.6 Å². The maximum absolute atomic E-state index is 11.6. The van der Waals surface area contributed by atoms with Crippen LogP contribution in [0.25, 0.3) is 0 Å². The van der Waals surface area contributed by atoms with E-state index >= 15 is 0 Å². The minimum Gasteiger partial charge on any atom is -0.398 e. The van der Waals surface area contributed by atoms with Crippen molar-refractivity contribution >= 4 is 37.5 Å². The molecular formula is C9H12BrN3O3S. The molecule has 5 N–H and O–H groups in total. The van der Waals surface area contributed by atoms with Crippen molar-refractivity contribution in [3.8, 4) is 0 Å². The molecule has 1 aromatic carbocycles. The van der Waals surface area contributed by atoms with Crippen LogP contribution in [-0.2, 0) is 10.0 Å². The molecule has 1 rings (SSSR count). The minimum atomic E-state index is -3.56. The molecule has 17 heavy (non-hydrogen) atoms. The van der Waals surface area contributed by atoms with E-state index in [4.69, 9.17) is 10.9 Å². The largest absolute Gasteiger partial charge is 0.398 e. The van der Waals surface area contributed by atoms with Crippen LogP contribution in [0.1, 0.15) is 10.4 Å². The fourth-order valence-corrected chi connectivity index (χ4v) is 1.73. The Labute approximate surface area is 108 Å². The van der Waals surface area contributed by atoms with Crippen LogP contribution in [0.2, 0.25) is 0 Å². The molecule has 94 valence electrons. The van der Waals surface area contributed by atoms with Gasteiger partial charge in [0.1, 0.15) is 0 Å². The van der Waals surface area contributed by atoms with Gasteiger partial charge < -0.3 is 11.1 Å². The van der Waals surface area contributed by atoms with E-state index in [1.165, 1.54) is 6.07 Å². The number of rotatable bonds is 4. The number of sulfonamides is 1. The molecule has 0 aliphatic carbocycles. The van der Waals surface area contributed by atoms with E-state index in [0.717, 1.165) is 0 Å². The highest BCUT2D eigenvalue weighted by Gasteiger charge is 2.08. The Morgan fingerprint density at radius 2 is 2.06 bits per heavy atom. The van der Waals surface area contributed by atoms with Gasteiger partial charge in [0.25, 0.3) is 5.91 Å². The Balaban J connectivity index is 2.61. The first-order valence-corrected chi connectivity index (χ1v) is 7.14. The molecule has 8 heteroatoms. The van der Waals surface area contributed by atoms with Crippen molar-refractivity contribution in [1.82, 2.24) is 5.32 Å². The smallest absolute Gasteiger partial charge is 0.251 e. The van der Waals surface area contributed by atoms with Crippen LogP contribution in [0.15, 0.2) is 22.7 Å². The second-order valence-corrected chi connectivity index (χ2v) is 5.95. The molecule has 0 heterocycles. The summed E-state index contributed by atoms with van der Waals surface area (Å²) in [5.41, 5.74) is 6.41. The zero-order valence-corrected chi connectivity index (χ0v) is 11.2. The number of primary sulfonamides is 1. The summed E-state index contributed by atoms with van der Waals surface area (Å²) in [6.45, 7) is -0.0341. The highest BCUT2D eigenvalue weighted by molar-refractivity contribution is 9.10. The first-order valence-electron chi connectivity index (χ1n) is 4.63. The topological polar surface area (TPSA) is 115 Å². The fourth-order valence-electron chi connectivity index (χ4n) is 1.09. The predicted octanol–water partition coefficient (Wildman–Crippen LogP) is 0.0496. The van der Waals surface area contributed by atoms with Crippen molar-refractivity contribution < 1.29 is 13.2 Å². The third kappa shape index (κ3) is 4.72. The summed E-state index contributed by atoms with van der Waals surface area (Å²) in [5.74, 6) is -0.696. The van der Waals surface area contributed by atoms with E-state index in [2.05, 4.69) is 21.2 Å². The molecular weight excluding hydrogens is 310 g/mol. The molecule has 0 aliphatic heterocycles. The predicted molar refractivity (Wildman–Crippen MR) is 68.9 cm³/mol. The van der Waals surface area contributed by atoms with Gasteiger partial charge in [0.15, 0.2) is 0 Å². The molecule has 0 unspecified atom stereocenters. The third-order valence-electron chi connectivity index (χ3n) is 1.93. The van der Waals surface area contributed by atoms with Crippen molar-refractivity contribution in [2.75, 3.05) is 18.0 Å². The van der Waals surface area contributed by atoms with Crippen molar-refractivity contribution in [2.24, 2.45) is 5.14 Å². The van der Waals surface area contributed by atoms with E-state index in [1.807, 2.05) is 0 Å². The van der Waals surface area contributed by atoms with Gasteiger partial charge in [-0.3, -0.25) is 4.79 Å². The third-order valence-corrected chi connectivity index (χ3v) is 3.43. The van der Waals surface area contributed by atoms with E-state index in [0.29, 0.717) is 15.7 Å². The lowest BCUT2D eigenvalue weighted by Crippen LogP contribution is -2.31. The number of amides is 1. The Morgan fingerprint density at radius 3 is 2.59 bits per heavy atom. The Morgan fingerprint density at radius 1 is 1.41 bits per heavy atom. The Hall–Kier alpha value is -1.12. The summed E-state index contributed by atoms with van der Waals surface area (Å²) in [6, 6.07) is 4.72. The van der Waals surface area contributed by atoms with Gasteiger partial charge in [-0.15, -0.1) is 0 Å². The average molecular weight is 322 g/mol. The van der Waals surface area contributed by atoms with Crippen molar-refractivity contribution in [1.29, 1.82) is 0 Å². The van der Waals surface area contributed by atoms with E-state index in [-0.39, 0.29) is 12.3 Å². The lowest BCUT2D eigenvalue weighted by molar-refractivity contribution is 0.0956. The van der Waals surface area contributed by atoms with Crippen LogP contribution < -0.4 is 16.2 Å². The van der Waals surface area contributed by atoms with Crippen LogP contribution in [0, 0.1) is 0 Å². The summed E-state index contributed by atoms with van der Waals surface area (Å²) in [7, 11) is -3.56. The zero-order chi connectivity index (χ0) is 13.1. The lowest BCUT2D eigenvalue weighted by Gasteiger charge is -2.05. The number of nitrogen functional groups attached to an aromatic ring is 1. The van der Waals surface area contributed by atoms with Crippen LogP contribution in [0.3, 0.4) is 0 Å². The van der Waals surface area contributed by atoms with Crippen LogP contribution in [-0.4, -0.2) is 26.6 Å². The molecule has 0 spiro atoms. The average Bonchev–Trinajstić information content (AvgIpc) is 2.20. The summed E-state index contributed by atoms with van der Waals surface area (Å²) >= 11 is 3.20. The van der Waals surface area contributed by atoms with E-state index in [9.17, 15) is 13.2 Å². The normalized spacial score (nSPS) is 11.2. The summed E-state index contributed by atoms with van der Waals surface area (Å²) in [4.78, 5) is 11.6. The molecule has 0 fully saturated rings. The number of nitrogens with one attached hydrogen (secondary N) is 1. The van der Waals surface area contributed by atoms with Gasteiger partial charge in [0.2, 0.25) is 10.0 Å². The first kappa shape index (κ1) is 13.9. The Bertz CT molecular complexity index is 530. The lowest BCUT2D eigenvalue weighted by atomic mass is 10.2. The van der Waals surface area contributed by atoms with Gasteiger partial charge in [-0.2, -0.15) is 0 Å². The minimum absolute atomic E-state index is 0.0341. The van der Waals surface area contributed by atoms with Gasteiger partial charge in [0.05, 0.1) is 5.75 Å². The molecule has 0 aliphatic rings. The SMILES string of the molecule is Nc1cc(C(=O)NCCS(N)(=O)=O)ccc1Br. The quantitative estimate of drug-likeness (QED) is 0.679. The Kier molecular flexibility index (Phi) is 4.49. The molecule has 0 bridgehead atoms. The number of halogens is 1. The molecule has 1 amide bonds. The number of carbonyl (C=O) groups excluding carboxylic acids is 1. The van der Waals surface area contributed by atoms with Gasteiger partial charge in [0, 0.05) is 22.3 Å². The monoisotopic (exact) mass is 321 g/mol. The maximum Gasteiger partial charge on any atom is 0.251 e. The maximum atomic E-state index is 11.6. The highest BCUT2D eigenvalue weighted by Crippen LogP contribution is 2.19. The van der Waals surface area contributed by atoms with Crippen LogP contribution >= 0.6 is 15.9 Å². The molecule has 0 saturated carbocycles. The van der Waals surface area contributed by atoms with E-state index in [1.54, 1.807) is 12.1 Å². The van der Waals surface area contributed by atoms with Crippen molar-refractivity contribution in [3.05, 3.63) is 28.2 Å². The number of carbonyl (C=O) groups is 1. The zero-order valence-electron chi connectivity index (χ0n) is 8.81. The number of anilines is 1. The molecule has 1 aromatic rings. The summed E-state index contributed by atoms with van der Waals surface area (Å²) < 4.78 is 22.0. The van der Waals surface area contributed by atoms with Gasteiger partial charge in [-0.1, -0.05) is 0 Å². The molecule has 0 saturated heterocycles. The van der Waals surface area contributed by atoms with Crippen molar-refractivity contribution in [3.63, 3.8) is 0 Å². The van der Waals surface area contributed by atoms with Crippen molar-refractivity contribution in [2.45, 2.75) is 0 Å². The van der Waals surface area contributed by atoms with Crippen LogP contribution in [0.5, 0.6) is 0 Å². The highest BCUT2D eigenvalue weighted by atomic mass is 79.9. The molecule has 6 nitrogen and oxygen atoms in total.